The molecule has 6 nitrogen and oxygen atoms in total. The first-order chi connectivity index (χ1) is 12.6. The molecule has 0 amide bonds. The topological polar surface area (TPSA) is 61.2 Å². The summed E-state index contributed by atoms with van der Waals surface area (Å²) in [6.07, 6.45) is 4.50. The minimum atomic E-state index is -2.88. The molecule has 1 atom stereocenters. The Morgan fingerprint density at radius 1 is 1.19 bits per heavy atom. The van der Waals surface area contributed by atoms with Crippen LogP contribution in [0.25, 0.3) is 0 Å². The summed E-state index contributed by atoms with van der Waals surface area (Å²) in [4.78, 5) is 0. The van der Waals surface area contributed by atoms with E-state index < -0.39 is 6.61 Å². The highest BCUT2D eigenvalue weighted by Gasteiger charge is 2.19. The Balaban J connectivity index is 1.66. The maximum Gasteiger partial charge on any atom is 0.387 e. The van der Waals surface area contributed by atoms with Gasteiger partial charge in [0.15, 0.2) is 11.5 Å². The van der Waals surface area contributed by atoms with Crippen molar-refractivity contribution in [2.45, 2.75) is 58.3 Å². The van der Waals surface area contributed by atoms with Crippen LogP contribution in [-0.4, -0.2) is 28.5 Å². The maximum atomic E-state index is 12.4. The zero-order chi connectivity index (χ0) is 18.5. The van der Waals surface area contributed by atoms with Gasteiger partial charge in [-0.3, -0.25) is 0 Å². The minimum Gasteiger partial charge on any atom is -0.493 e. The van der Waals surface area contributed by atoms with E-state index in [-0.39, 0.29) is 17.5 Å². The molecule has 1 N–H and O–H groups in total. The molecule has 0 aliphatic carbocycles. The van der Waals surface area contributed by atoms with Gasteiger partial charge in [0, 0.05) is 19.5 Å². The Labute approximate surface area is 151 Å². The van der Waals surface area contributed by atoms with Gasteiger partial charge in [0.2, 0.25) is 0 Å². The highest BCUT2D eigenvalue weighted by atomic mass is 19.3. The van der Waals surface area contributed by atoms with E-state index in [2.05, 4.69) is 24.8 Å². The third-order valence-corrected chi connectivity index (χ3v) is 4.58. The van der Waals surface area contributed by atoms with Crippen molar-refractivity contribution in [2.75, 3.05) is 7.11 Å². The quantitative estimate of drug-likeness (QED) is 0.813. The lowest BCUT2D eigenvalue weighted by Crippen LogP contribution is -2.22. The first kappa shape index (κ1) is 18.6. The number of alkyl halides is 2. The van der Waals surface area contributed by atoms with E-state index in [0.29, 0.717) is 6.54 Å². The molecule has 0 fully saturated rings. The molecule has 26 heavy (non-hydrogen) atoms. The van der Waals surface area contributed by atoms with Crippen LogP contribution in [-0.2, 0) is 19.5 Å². The van der Waals surface area contributed by atoms with Crippen LogP contribution in [0.4, 0.5) is 8.78 Å². The largest absolute Gasteiger partial charge is 0.493 e. The number of aromatic nitrogens is 3. The summed E-state index contributed by atoms with van der Waals surface area (Å²) in [5.41, 5.74) is 0.908. The van der Waals surface area contributed by atoms with Gasteiger partial charge in [-0.1, -0.05) is 12.5 Å². The van der Waals surface area contributed by atoms with Gasteiger partial charge in [0.25, 0.3) is 0 Å². The summed E-state index contributed by atoms with van der Waals surface area (Å²) in [5.74, 6) is 2.31. The number of nitrogens with zero attached hydrogens (tertiary/aromatic N) is 3. The van der Waals surface area contributed by atoms with Gasteiger partial charge in [-0.05, 0) is 37.5 Å². The number of hydrogen-bond donors (Lipinski definition) is 1. The van der Waals surface area contributed by atoms with Crippen molar-refractivity contribution in [2.24, 2.45) is 0 Å². The van der Waals surface area contributed by atoms with Crippen molar-refractivity contribution in [3.63, 3.8) is 0 Å². The van der Waals surface area contributed by atoms with Crippen LogP contribution in [0.3, 0.4) is 0 Å². The van der Waals surface area contributed by atoms with Crippen LogP contribution in [0.2, 0.25) is 0 Å². The molecule has 1 aromatic carbocycles. The van der Waals surface area contributed by atoms with Crippen LogP contribution in [0, 0.1) is 0 Å². The van der Waals surface area contributed by atoms with Crippen molar-refractivity contribution < 1.29 is 18.3 Å². The van der Waals surface area contributed by atoms with Gasteiger partial charge in [0.05, 0.1) is 13.2 Å². The standard InChI is InChI=1S/C18H24F2N4O2/c1-12(17-23-22-16-6-4-3-5-9-24(16)17)21-11-13-7-8-14(26-18(19)20)15(10-13)25-2/h7-8,10,12,18,21H,3-6,9,11H2,1-2H3/t12-/m0/s1. The van der Waals surface area contributed by atoms with Crippen molar-refractivity contribution in [3.05, 3.63) is 35.4 Å². The zero-order valence-corrected chi connectivity index (χ0v) is 15.0. The number of benzene rings is 1. The summed E-state index contributed by atoms with van der Waals surface area (Å²) >= 11 is 0. The highest BCUT2D eigenvalue weighted by molar-refractivity contribution is 5.43. The van der Waals surface area contributed by atoms with Crippen LogP contribution in [0.15, 0.2) is 18.2 Å². The molecule has 0 saturated heterocycles. The van der Waals surface area contributed by atoms with Gasteiger partial charge in [-0.25, -0.2) is 0 Å². The summed E-state index contributed by atoms with van der Waals surface area (Å²) in [7, 11) is 1.43. The lowest BCUT2D eigenvalue weighted by Gasteiger charge is -2.16. The Morgan fingerprint density at radius 2 is 2.04 bits per heavy atom. The maximum absolute atomic E-state index is 12.4. The van der Waals surface area contributed by atoms with Crippen LogP contribution < -0.4 is 14.8 Å². The van der Waals surface area contributed by atoms with E-state index in [1.54, 1.807) is 12.1 Å². The predicted octanol–water partition coefficient (Wildman–Crippen LogP) is 3.47. The third-order valence-electron chi connectivity index (χ3n) is 4.58. The lowest BCUT2D eigenvalue weighted by atomic mass is 10.2. The molecule has 0 radical (unpaired) electrons. The molecule has 3 rings (SSSR count). The fourth-order valence-electron chi connectivity index (χ4n) is 3.21. The summed E-state index contributed by atoms with van der Waals surface area (Å²) in [5, 5.41) is 12.1. The molecular weight excluding hydrogens is 342 g/mol. The molecular formula is C18H24F2N4O2. The average Bonchev–Trinajstić information content (AvgIpc) is 2.88. The van der Waals surface area contributed by atoms with E-state index in [1.165, 1.54) is 19.6 Å². The monoisotopic (exact) mass is 366 g/mol. The second-order valence-electron chi connectivity index (χ2n) is 6.40. The van der Waals surface area contributed by atoms with Gasteiger partial charge >= 0.3 is 6.61 Å². The van der Waals surface area contributed by atoms with E-state index in [4.69, 9.17) is 4.74 Å². The van der Waals surface area contributed by atoms with Crippen LogP contribution in [0.1, 0.15) is 49.4 Å². The molecule has 1 aromatic heterocycles. The first-order valence-corrected chi connectivity index (χ1v) is 8.85. The second-order valence-corrected chi connectivity index (χ2v) is 6.40. The number of rotatable bonds is 7. The number of fused-ring (bicyclic) bond motifs is 1. The number of aryl methyl sites for hydroxylation is 1. The van der Waals surface area contributed by atoms with Gasteiger partial charge in [0.1, 0.15) is 11.6 Å². The Morgan fingerprint density at radius 3 is 2.81 bits per heavy atom. The fourth-order valence-corrected chi connectivity index (χ4v) is 3.21. The molecule has 2 aromatic rings. The van der Waals surface area contributed by atoms with Gasteiger partial charge in [-0.2, -0.15) is 8.78 Å². The fraction of sp³-hybridized carbons (Fsp3) is 0.556. The average molecular weight is 366 g/mol. The zero-order valence-electron chi connectivity index (χ0n) is 15.0. The van der Waals surface area contributed by atoms with Crippen molar-refractivity contribution in [1.82, 2.24) is 20.1 Å². The number of halogens is 2. The summed E-state index contributed by atoms with van der Waals surface area (Å²) < 4.78 is 36.6. The van der Waals surface area contributed by atoms with Crippen LogP contribution >= 0.6 is 0 Å². The van der Waals surface area contributed by atoms with Crippen molar-refractivity contribution in [3.8, 4) is 11.5 Å². The van der Waals surface area contributed by atoms with Crippen molar-refractivity contribution >= 4 is 0 Å². The third kappa shape index (κ3) is 4.30. The Hall–Kier alpha value is -2.22. The molecule has 2 heterocycles. The SMILES string of the molecule is COc1cc(CN[C@@H](C)c2nnc3n2CCCCC3)ccc1OC(F)F. The van der Waals surface area contributed by atoms with Gasteiger partial charge in [-0.15, -0.1) is 10.2 Å². The van der Waals surface area contributed by atoms with E-state index in [0.717, 1.165) is 43.0 Å². The Bertz CT molecular complexity index is 736. The van der Waals surface area contributed by atoms with E-state index >= 15 is 0 Å². The highest BCUT2D eigenvalue weighted by Crippen LogP contribution is 2.29. The second kappa shape index (κ2) is 8.44. The minimum absolute atomic E-state index is 0.0253. The number of hydrogen-bond acceptors (Lipinski definition) is 5. The molecule has 142 valence electrons. The lowest BCUT2D eigenvalue weighted by molar-refractivity contribution is -0.0512. The normalized spacial score (nSPS) is 15.4. The smallest absolute Gasteiger partial charge is 0.387 e. The molecule has 0 saturated carbocycles. The van der Waals surface area contributed by atoms with Crippen LogP contribution in [0.5, 0.6) is 11.5 Å². The number of methoxy groups -OCH3 is 1. The summed E-state index contributed by atoms with van der Waals surface area (Å²) in [6, 6.07) is 4.96. The number of nitrogens with one attached hydrogen (secondary N) is 1. The summed E-state index contributed by atoms with van der Waals surface area (Å²) in [6.45, 7) is 0.676. The van der Waals surface area contributed by atoms with Crippen molar-refractivity contribution in [1.29, 1.82) is 0 Å². The molecule has 1 aliphatic heterocycles. The van der Waals surface area contributed by atoms with Gasteiger partial charge < -0.3 is 19.4 Å². The first-order valence-electron chi connectivity index (χ1n) is 8.85. The molecule has 8 heteroatoms. The molecule has 0 spiro atoms. The Kier molecular flexibility index (Phi) is 6.03. The molecule has 1 aliphatic rings. The predicted molar refractivity (Wildman–Crippen MR) is 92.5 cm³/mol. The number of ether oxygens (including phenoxy) is 2. The van der Waals surface area contributed by atoms with E-state index in [1.807, 2.05) is 6.92 Å². The molecule has 0 unspecified atom stereocenters. The molecule has 0 bridgehead atoms. The van der Waals surface area contributed by atoms with E-state index in [9.17, 15) is 8.78 Å².